The molecule has 0 saturated carbocycles. The summed E-state index contributed by atoms with van der Waals surface area (Å²) in [6.07, 6.45) is 5.21. The smallest absolute Gasteiger partial charge is 0.310 e. The Morgan fingerprint density at radius 3 is 2.69 bits per heavy atom. The van der Waals surface area contributed by atoms with Crippen molar-refractivity contribution >= 4 is 46.8 Å². The van der Waals surface area contributed by atoms with Crippen molar-refractivity contribution in [1.29, 1.82) is 0 Å². The van der Waals surface area contributed by atoms with Gasteiger partial charge >= 0.3 is 5.97 Å². The lowest BCUT2D eigenvalue weighted by Crippen LogP contribution is -2.57. The molecule has 6 atom stereocenters. The van der Waals surface area contributed by atoms with Crippen LogP contribution in [0.15, 0.2) is 49.6 Å². The van der Waals surface area contributed by atoms with Crippen LogP contribution in [-0.2, 0) is 19.1 Å². The van der Waals surface area contributed by atoms with Crippen LogP contribution in [0.5, 0.6) is 0 Å². The molecule has 3 aliphatic rings. The van der Waals surface area contributed by atoms with Gasteiger partial charge in [-0.05, 0) is 50.5 Å². The number of amides is 2. The summed E-state index contributed by atoms with van der Waals surface area (Å²) < 4.78 is 4.74. The van der Waals surface area contributed by atoms with E-state index >= 15 is 0 Å². The summed E-state index contributed by atoms with van der Waals surface area (Å²) in [5, 5.41) is 10.5. The number of likely N-dealkylation sites (tertiary alicyclic amines) is 1. The summed E-state index contributed by atoms with van der Waals surface area (Å²) >= 11 is 7.63. The van der Waals surface area contributed by atoms with Crippen LogP contribution in [0.4, 0.5) is 5.69 Å². The van der Waals surface area contributed by atoms with Gasteiger partial charge in [0.2, 0.25) is 5.91 Å². The summed E-state index contributed by atoms with van der Waals surface area (Å²) in [7, 11) is 0. The van der Waals surface area contributed by atoms with Crippen molar-refractivity contribution in [3.05, 3.63) is 54.6 Å². The van der Waals surface area contributed by atoms with E-state index < -0.39 is 34.6 Å². The first kappa shape index (κ1) is 25.8. The minimum atomic E-state index is -0.821. The van der Waals surface area contributed by atoms with Crippen molar-refractivity contribution < 1.29 is 24.2 Å². The van der Waals surface area contributed by atoms with Crippen molar-refractivity contribution in [3.63, 3.8) is 0 Å². The molecule has 188 valence electrons. The summed E-state index contributed by atoms with van der Waals surface area (Å²) in [5.74, 6) is -2.19. The first-order chi connectivity index (χ1) is 16.8. The third-order valence-corrected chi connectivity index (χ3v) is 9.47. The van der Waals surface area contributed by atoms with Gasteiger partial charge in [-0.15, -0.1) is 24.9 Å². The quantitative estimate of drug-likeness (QED) is 0.290. The average Bonchev–Trinajstić information content (AvgIpc) is 3.50. The van der Waals surface area contributed by atoms with Gasteiger partial charge in [0, 0.05) is 22.5 Å². The van der Waals surface area contributed by atoms with Crippen LogP contribution in [0.25, 0.3) is 0 Å². The van der Waals surface area contributed by atoms with Crippen molar-refractivity contribution in [1.82, 2.24) is 4.90 Å². The third kappa shape index (κ3) is 4.30. The van der Waals surface area contributed by atoms with E-state index in [9.17, 15) is 19.5 Å². The van der Waals surface area contributed by atoms with E-state index in [4.69, 9.17) is 16.3 Å². The zero-order valence-electron chi connectivity index (χ0n) is 19.8. The van der Waals surface area contributed by atoms with Gasteiger partial charge in [0.1, 0.15) is 6.04 Å². The summed E-state index contributed by atoms with van der Waals surface area (Å²) in [4.78, 5) is 44.3. The molecule has 0 radical (unpaired) electrons. The first-order valence-corrected chi connectivity index (χ1v) is 13.1. The first-order valence-electron chi connectivity index (χ1n) is 11.9. The number of hydrogen-bond acceptors (Lipinski definition) is 6. The van der Waals surface area contributed by atoms with Crippen LogP contribution in [0.1, 0.15) is 26.2 Å². The molecule has 2 bridgehead atoms. The van der Waals surface area contributed by atoms with Crippen LogP contribution in [-0.4, -0.2) is 69.6 Å². The highest BCUT2D eigenvalue weighted by atomic mass is 35.5. The fourth-order valence-corrected chi connectivity index (χ4v) is 8.07. The number of anilines is 1. The Bertz CT molecular complexity index is 1020. The molecule has 7 nitrogen and oxygen atoms in total. The van der Waals surface area contributed by atoms with Crippen LogP contribution < -0.4 is 4.90 Å². The molecule has 3 heterocycles. The molecule has 3 aliphatic heterocycles. The number of carbonyl (C=O) groups is 3. The maximum atomic E-state index is 14.2. The Morgan fingerprint density at radius 2 is 2.06 bits per heavy atom. The molecule has 1 aromatic carbocycles. The zero-order valence-corrected chi connectivity index (χ0v) is 21.3. The fraction of sp³-hybridized carbons (Fsp3) is 0.500. The Balaban J connectivity index is 1.74. The Morgan fingerprint density at radius 1 is 1.34 bits per heavy atom. The van der Waals surface area contributed by atoms with Gasteiger partial charge in [0.25, 0.3) is 5.91 Å². The number of hydrogen-bond donors (Lipinski definition) is 1. The molecular weight excluding hydrogens is 488 g/mol. The molecule has 4 rings (SSSR count). The predicted octanol–water partition coefficient (Wildman–Crippen LogP) is 3.45. The average molecular weight is 519 g/mol. The lowest BCUT2D eigenvalue weighted by atomic mass is 9.71. The Hall–Kier alpha value is -2.29. The maximum absolute atomic E-state index is 14.2. The Kier molecular flexibility index (Phi) is 7.64. The van der Waals surface area contributed by atoms with Crippen molar-refractivity contribution in [2.24, 2.45) is 11.8 Å². The molecule has 1 aromatic rings. The van der Waals surface area contributed by atoms with E-state index in [1.54, 1.807) is 60.0 Å². The number of rotatable bonds is 10. The molecule has 2 amide bonds. The summed E-state index contributed by atoms with van der Waals surface area (Å²) in [5.41, 5.74) is 0.640. The van der Waals surface area contributed by atoms with E-state index in [1.807, 2.05) is 0 Å². The van der Waals surface area contributed by atoms with Gasteiger partial charge in [-0.25, -0.2) is 0 Å². The number of nitrogens with zero attached hydrogens (tertiary/aromatic N) is 2. The van der Waals surface area contributed by atoms with Gasteiger partial charge in [0.15, 0.2) is 0 Å². The molecule has 2 unspecified atom stereocenters. The topological polar surface area (TPSA) is 87.2 Å². The van der Waals surface area contributed by atoms with Crippen LogP contribution >= 0.6 is 23.4 Å². The monoisotopic (exact) mass is 518 g/mol. The third-order valence-electron chi connectivity index (χ3n) is 7.27. The van der Waals surface area contributed by atoms with E-state index in [0.717, 1.165) is 6.42 Å². The van der Waals surface area contributed by atoms with E-state index in [0.29, 0.717) is 23.6 Å². The van der Waals surface area contributed by atoms with Gasteiger partial charge < -0.3 is 19.6 Å². The summed E-state index contributed by atoms with van der Waals surface area (Å²) in [6.45, 7) is 9.36. The van der Waals surface area contributed by atoms with Gasteiger partial charge in [-0.2, -0.15) is 0 Å². The van der Waals surface area contributed by atoms with Crippen LogP contribution in [0.2, 0.25) is 5.02 Å². The number of thioether (sulfide) groups is 1. The predicted molar refractivity (Wildman–Crippen MR) is 137 cm³/mol. The van der Waals surface area contributed by atoms with Gasteiger partial charge in [-0.1, -0.05) is 23.8 Å². The second kappa shape index (κ2) is 10.4. The van der Waals surface area contributed by atoms with Crippen LogP contribution in [0, 0.1) is 11.8 Å². The van der Waals surface area contributed by atoms with Crippen molar-refractivity contribution in [2.75, 3.05) is 24.7 Å². The molecule has 9 heteroatoms. The highest BCUT2D eigenvalue weighted by Gasteiger charge is 2.74. The molecule has 35 heavy (non-hydrogen) atoms. The van der Waals surface area contributed by atoms with Crippen molar-refractivity contribution in [3.8, 4) is 0 Å². The van der Waals surface area contributed by atoms with E-state index in [-0.39, 0.29) is 36.8 Å². The molecule has 0 aromatic heterocycles. The minimum absolute atomic E-state index is 0.0783. The SMILES string of the molecule is C=CCCOC(=O)[C@@H]1[C@@H]2CCC3(S2)C(C(=O)N(CC=C)c2ccc(Cl)cc2)N([C@H](C)CO)C(=O)[C@H]13. The number of ether oxygens (including phenoxy) is 1. The number of aliphatic hydroxyl groups excluding tert-OH is 1. The Labute approximate surface area is 215 Å². The van der Waals surface area contributed by atoms with Crippen LogP contribution in [0.3, 0.4) is 0 Å². The fourth-order valence-electron chi connectivity index (χ4n) is 5.76. The number of aliphatic hydroxyl groups is 1. The highest BCUT2D eigenvalue weighted by molar-refractivity contribution is 8.02. The number of benzene rings is 1. The second-order valence-corrected chi connectivity index (χ2v) is 11.3. The molecule has 3 fully saturated rings. The van der Waals surface area contributed by atoms with Gasteiger partial charge in [-0.3, -0.25) is 14.4 Å². The largest absolute Gasteiger partial charge is 0.465 e. The maximum Gasteiger partial charge on any atom is 0.310 e. The molecule has 1 N–H and O–H groups in total. The molecule has 0 aliphatic carbocycles. The van der Waals surface area contributed by atoms with E-state index in [2.05, 4.69) is 13.2 Å². The molecule has 1 spiro atoms. The number of fused-ring (bicyclic) bond motifs is 1. The molecule has 3 saturated heterocycles. The normalized spacial score (nSPS) is 29.6. The number of carbonyl (C=O) groups excluding carboxylic acids is 3. The van der Waals surface area contributed by atoms with E-state index in [1.165, 1.54) is 4.90 Å². The number of halogens is 1. The minimum Gasteiger partial charge on any atom is -0.465 e. The standard InChI is InChI=1S/C26H31ClN2O5S/c1-4-6-14-34-25(33)20-19-11-12-26(35-19)21(20)23(31)29(16(3)15-30)22(26)24(32)28(13-5-2)18-9-7-17(27)8-10-18/h4-5,7-10,16,19-22,30H,1-2,6,11-15H2,3H3/t16-,19+,20-,21+,22?,26?/m1/s1. The van der Waals surface area contributed by atoms with Crippen molar-refractivity contribution in [2.45, 2.75) is 48.3 Å². The second-order valence-electron chi connectivity index (χ2n) is 9.29. The lowest BCUT2D eigenvalue weighted by molar-refractivity contribution is -0.154. The molecular formula is C26H31ClN2O5S. The van der Waals surface area contributed by atoms with Gasteiger partial charge in [0.05, 0.1) is 35.8 Å². The zero-order chi connectivity index (χ0) is 25.3. The number of esters is 1. The highest BCUT2D eigenvalue weighted by Crippen LogP contribution is 2.67. The summed E-state index contributed by atoms with van der Waals surface area (Å²) in [6, 6.07) is 5.53. The lowest BCUT2D eigenvalue weighted by Gasteiger charge is -2.38.